The van der Waals surface area contributed by atoms with Crippen molar-refractivity contribution in [1.29, 1.82) is 0 Å². The number of rotatable bonds is 4. The van der Waals surface area contributed by atoms with Gasteiger partial charge in [0, 0.05) is 23.8 Å². The predicted octanol–water partition coefficient (Wildman–Crippen LogP) is 2.24. The second kappa shape index (κ2) is 7.35. The number of nitrogens with one attached hydrogen (secondary N) is 1. The molecule has 0 bridgehead atoms. The second-order valence-electron chi connectivity index (χ2n) is 5.25. The first-order valence-electron chi connectivity index (χ1n) is 7.42. The second-order valence-corrected chi connectivity index (χ2v) is 6.25. The fourth-order valence-corrected chi connectivity index (χ4v) is 3.57. The molecule has 6 nitrogen and oxygen atoms in total. The zero-order valence-corrected chi connectivity index (χ0v) is 14.0. The summed E-state index contributed by atoms with van der Waals surface area (Å²) in [6.45, 7) is 0. The average Bonchev–Trinajstić information content (AvgIpc) is 3.12. The molecule has 1 saturated heterocycles. The molecule has 1 N–H and O–H groups in total. The fourth-order valence-electron chi connectivity index (χ4n) is 2.42. The van der Waals surface area contributed by atoms with Gasteiger partial charge in [-0.3, -0.25) is 14.6 Å². The minimum atomic E-state index is -0.496. The van der Waals surface area contributed by atoms with Gasteiger partial charge in [-0.25, -0.2) is 0 Å². The van der Waals surface area contributed by atoms with Crippen LogP contribution in [0.15, 0.2) is 48.8 Å². The molecule has 1 fully saturated rings. The highest BCUT2D eigenvalue weighted by Gasteiger charge is 2.35. The Morgan fingerprint density at radius 3 is 2.75 bits per heavy atom. The van der Waals surface area contributed by atoms with Gasteiger partial charge in [0.05, 0.1) is 18.6 Å². The van der Waals surface area contributed by atoms with Gasteiger partial charge in [0.1, 0.15) is 11.8 Å². The lowest BCUT2D eigenvalue weighted by Gasteiger charge is -2.23. The maximum Gasteiger partial charge on any atom is 0.256 e. The quantitative estimate of drug-likeness (QED) is 0.922. The number of aromatic nitrogens is 1. The maximum absolute atomic E-state index is 12.6. The largest absolute Gasteiger partial charge is 0.497 e. The van der Waals surface area contributed by atoms with Crippen LogP contribution in [0.3, 0.4) is 0 Å². The van der Waals surface area contributed by atoms with Crippen molar-refractivity contribution in [2.24, 2.45) is 0 Å². The highest BCUT2D eigenvalue weighted by Crippen LogP contribution is 2.24. The van der Waals surface area contributed by atoms with Gasteiger partial charge in [0.15, 0.2) is 0 Å². The van der Waals surface area contributed by atoms with E-state index < -0.39 is 6.04 Å². The molecular weight excluding hydrogens is 326 g/mol. The van der Waals surface area contributed by atoms with Crippen molar-refractivity contribution in [3.05, 3.63) is 54.4 Å². The predicted molar refractivity (Wildman–Crippen MR) is 93.1 cm³/mol. The summed E-state index contributed by atoms with van der Waals surface area (Å²) in [6, 6.07) is 10.0. The lowest BCUT2D eigenvalue weighted by atomic mass is 10.2. The van der Waals surface area contributed by atoms with Crippen molar-refractivity contribution in [3.8, 4) is 5.75 Å². The van der Waals surface area contributed by atoms with E-state index in [2.05, 4.69) is 10.3 Å². The molecule has 7 heteroatoms. The van der Waals surface area contributed by atoms with E-state index in [-0.39, 0.29) is 11.8 Å². The molecule has 24 heavy (non-hydrogen) atoms. The van der Waals surface area contributed by atoms with Crippen molar-refractivity contribution < 1.29 is 14.3 Å². The van der Waals surface area contributed by atoms with Crippen LogP contribution in [0, 0.1) is 0 Å². The van der Waals surface area contributed by atoms with Gasteiger partial charge in [-0.05, 0) is 36.4 Å². The van der Waals surface area contributed by atoms with Crippen LogP contribution in [-0.4, -0.2) is 46.5 Å². The van der Waals surface area contributed by atoms with Gasteiger partial charge in [0.2, 0.25) is 5.91 Å². The van der Waals surface area contributed by atoms with Crippen molar-refractivity contribution in [2.45, 2.75) is 6.04 Å². The van der Waals surface area contributed by atoms with Crippen LogP contribution in [0.5, 0.6) is 5.75 Å². The molecule has 0 spiro atoms. The molecule has 1 aromatic heterocycles. The number of nitrogens with zero attached hydrogens (tertiary/aromatic N) is 2. The van der Waals surface area contributed by atoms with Crippen LogP contribution < -0.4 is 10.1 Å². The molecule has 2 amide bonds. The van der Waals surface area contributed by atoms with Gasteiger partial charge in [-0.1, -0.05) is 0 Å². The first-order chi connectivity index (χ1) is 11.7. The average molecular weight is 343 g/mol. The Morgan fingerprint density at radius 2 is 2.08 bits per heavy atom. The number of hydrogen-bond donors (Lipinski definition) is 1. The molecule has 1 atom stereocenters. The number of anilines is 1. The van der Waals surface area contributed by atoms with Gasteiger partial charge in [-0.2, -0.15) is 0 Å². The summed E-state index contributed by atoms with van der Waals surface area (Å²) in [5.41, 5.74) is 1.16. The molecule has 1 aromatic carbocycles. The summed E-state index contributed by atoms with van der Waals surface area (Å²) in [6.07, 6.45) is 3.13. The van der Waals surface area contributed by atoms with Crippen LogP contribution in [0.25, 0.3) is 0 Å². The summed E-state index contributed by atoms with van der Waals surface area (Å²) in [5.74, 6) is 1.42. The Balaban J connectivity index is 1.70. The molecule has 3 rings (SSSR count). The SMILES string of the molecule is COc1ccc(NC(=O)C2CSCN2C(=O)c2cccnc2)cc1. The number of hydrogen-bond acceptors (Lipinski definition) is 5. The first kappa shape index (κ1) is 16.3. The summed E-state index contributed by atoms with van der Waals surface area (Å²) in [4.78, 5) is 30.7. The van der Waals surface area contributed by atoms with E-state index in [4.69, 9.17) is 4.74 Å². The van der Waals surface area contributed by atoms with E-state index in [1.165, 1.54) is 6.20 Å². The van der Waals surface area contributed by atoms with Crippen LogP contribution in [-0.2, 0) is 4.79 Å². The number of methoxy groups -OCH3 is 1. The third-order valence-corrected chi connectivity index (χ3v) is 4.72. The van der Waals surface area contributed by atoms with E-state index in [1.807, 2.05) is 0 Å². The zero-order valence-electron chi connectivity index (χ0n) is 13.1. The van der Waals surface area contributed by atoms with Gasteiger partial charge in [-0.15, -0.1) is 11.8 Å². The van der Waals surface area contributed by atoms with Crippen LogP contribution in [0.1, 0.15) is 10.4 Å². The topological polar surface area (TPSA) is 71.5 Å². The first-order valence-corrected chi connectivity index (χ1v) is 8.58. The van der Waals surface area contributed by atoms with Gasteiger partial charge < -0.3 is 15.0 Å². The molecule has 2 heterocycles. The summed E-state index contributed by atoms with van der Waals surface area (Å²) in [7, 11) is 1.59. The van der Waals surface area contributed by atoms with Crippen LogP contribution in [0.4, 0.5) is 5.69 Å². The van der Waals surface area contributed by atoms with Crippen molar-refractivity contribution in [3.63, 3.8) is 0 Å². The monoisotopic (exact) mass is 343 g/mol. The maximum atomic E-state index is 12.6. The van der Waals surface area contributed by atoms with Gasteiger partial charge >= 0.3 is 0 Å². The number of pyridine rings is 1. The number of ether oxygens (including phenoxy) is 1. The Bertz CT molecular complexity index is 722. The fraction of sp³-hybridized carbons (Fsp3) is 0.235. The zero-order chi connectivity index (χ0) is 16.9. The summed E-state index contributed by atoms with van der Waals surface area (Å²) in [5, 5.41) is 2.85. The van der Waals surface area contributed by atoms with E-state index >= 15 is 0 Å². The Labute approximate surface area is 144 Å². The van der Waals surface area contributed by atoms with E-state index in [1.54, 1.807) is 66.4 Å². The third-order valence-electron chi connectivity index (χ3n) is 3.71. The molecule has 0 saturated carbocycles. The summed E-state index contributed by atoms with van der Waals surface area (Å²) < 4.78 is 5.10. The van der Waals surface area contributed by atoms with E-state index in [0.717, 1.165) is 5.75 Å². The standard InChI is InChI=1S/C17H17N3O3S/c1-23-14-6-4-13(5-7-14)19-16(21)15-10-24-11-20(15)17(22)12-3-2-8-18-9-12/h2-9,15H,10-11H2,1H3,(H,19,21). The Kier molecular flexibility index (Phi) is 5.00. The van der Waals surface area contributed by atoms with Crippen molar-refractivity contribution in [2.75, 3.05) is 24.1 Å². The number of amides is 2. The highest BCUT2D eigenvalue weighted by molar-refractivity contribution is 7.99. The lowest BCUT2D eigenvalue weighted by Crippen LogP contribution is -2.44. The highest BCUT2D eigenvalue weighted by atomic mass is 32.2. The lowest BCUT2D eigenvalue weighted by molar-refractivity contribution is -0.119. The smallest absolute Gasteiger partial charge is 0.256 e. The molecular formula is C17H17N3O3S. The van der Waals surface area contributed by atoms with E-state index in [0.29, 0.717) is 22.9 Å². The van der Waals surface area contributed by atoms with Crippen molar-refractivity contribution >= 4 is 29.3 Å². The van der Waals surface area contributed by atoms with Crippen LogP contribution >= 0.6 is 11.8 Å². The van der Waals surface area contributed by atoms with Crippen molar-refractivity contribution in [1.82, 2.24) is 9.88 Å². The molecule has 0 radical (unpaired) electrons. The number of thioether (sulfide) groups is 1. The van der Waals surface area contributed by atoms with Crippen LogP contribution in [0.2, 0.25) is 0 Å². The Morgan fingerprint density at radius 1 is 1.29 bits per heavy atom. The molecule has 2 aromatic rings. The number of benzene rings is 1. The van der Waals surface area contributed by atoms with E-state index in [9.17, 15) is 9.59 Å². The molecule has 124 valence electrons. The summed E-state index contributed by atoms with van der Waals surface area (Å²) >= 11 is 1.56. The minimum absolute atomic E-state index is 0.178. The molecule has 1 aliphatic heterocycles. The third kappa shape index (κ3) is 3.51. The normalized spacial score (nSPS) is 16.7. The molecule has 0 aliphatic carbocycles. The number of carbonyl (C=O) groups is 2. The minimum Gasteiger partial charge on any atom is -0.497 e. The van der Waals surface area contributed by atoms with Gasteiger partial charge in [0.25, 0.3) is 5.91 Å². The molecule has 1 unspecified atom stereocenters. The molecule has 1 aliphatic rings. The Hall–Kier alpha value is -2.54. The number of carbonyl (C=O) groups excluding carboxylic acids is 2.